The third-order valence-electron chi connectivity index (χ3n) is 0.500. The van der Waals surface area contributed by atoms with Gasteiger partial charge in [0.25, 0.3) is 0 Å². The summed E-state index contributed by atoms with van der Waals surface area (Å²) in [4.78, 5) is 8.11. The van der Waals surface area contributed by atoms with Crippen LogP contribution in [0.2, 0.25) is 12.1 Å². The van der Waals surface area contributed by atoms with Gasteiger partial charge in [0.2, 0.25) is 0 Å². The molecule has 0 aliphatic carbocycles. The van der Waals surface area contributed by atoms with E-state index in [-0.39, 0.29) is 0 Å². The lowest BCUT2D eigenvalue weighted by atomic mass is 11.0. The molecule has 3 nitrogen and oxygen atoms in total. The molecule has 0 saturated carbocycles. The SMILES string of the molecule is CC[Si]CC.O=NO. The fourth-order valence-corrected chi connectivity index (χ4v) is 0.750. The minimum absolute atomic E-state index is 1.20. The summed E-state index contributed by atoms with van der Waals surface area (Å²) >= 11 is 0. The Morgan fingerprint density at radius 2 is 1.75 bits per heavy atom. The molecule has 0 aliphatic rings. The van der Waals surface area contributed by atoms with Crippen molar-refractivity contribution in [3.63, 3.8) is 0 Å². The highest BCUT2D eigenvalue weighted by Gasteiger charge is 1.70. The molecule has 0 saturated heterocycles. The molecule has 0 unspecified atom stereocenters. The third kappa shape index (κ3) is 45.8. The first kappa shape index (κ1) is 10.6. The summed E-state index contributed by atoms with van der Waals surface area (Å²) in [5.74, 6) is 0. The Kier molecular flexibility index (Phi) is 21.1. The lowest BCUT2D eigenvalue weighted by Gasteiger charge is -1.76. The lowest BCUT2D eigenvalue weighted by molar-refractivity contribution is 0.312. The second-order valence-corrected chi connectivity index (χ2v) is 2.95. The van der Waals surface area contributed by atoms with Crippen molar-refractivity contribution in [2.75, 3.05) is 0 Å². The molecule has 0 aromatic carbocycles. The van der Waals surface area contributed by atoms with E-state index in [9.17, 15) is 0 Å². The van der Waals surface area contributed by atoms with Crippen molar-refractivity contribution in [2.24, 2.45) is 5.34 Å². The zero-order valence-corrected chi connectivity index (χ0v) is 6.22. The molecule has 0 bridgehead atoms. The van der Waals surface area contributed by atoms with E-state index >= 15 is 0 Å². The van der Waals surface area contributed by atoms with Crippen LogP contribution >= 0.6 is 0 Å². The molecular formula is C4H11NO2Si. The fraction of sp³-hybridized carbons (Fsp3) is 1.00. The van der Waals surface area contributed by atoms with Crippen LogP contribution in [-0.4, -0.2) is 14.7 Å². The molecule has 0 amide bonds. The molecular weight excluding hydrogens is 122 g/mol. The number of rotatable bonds is 2. The first-order valence-electron chi connectivity index (χ1n) is 2.50. The molecule has 0 aliphatic heterocycles. The maximum Gasteiger partial charge on any atom is 0.152 e. The Bertz CT molecular complexity index is 41.0. The summed E-state index contributed by atoms with van der Waals surface area (Å²) in [5, 5.41) is 7.89. The summed E-state index contributed by atoms with van der Waals surface area (Å²) in [7, 11) is 1.20. The van der Waals surface area contributed by atoms with Gasteiger partial charge in [-0.15, -0.1) is 4.91 Å². The highest BCUT2D eigenvalue weighted by atomic mass is 28.2. The standard InChI is InChI=1S/C4H10Si.HNO2/c1-3-5-4-2;2-1-3/h3-4H2,1-2H3;(H,2,3). The van der Waals surface area contributed by atoms with Gasteiger partial charge in [-0.25, -0.2) is 0 Å². The molecule has 0 aromatic heterocycles. The van der Waals surface area contributed by atoms with Gasteiger partial charge < -0.3 is 5.21 Å². The van der Waals surface area contributed by atoms with Crippen LogP contribution in [0.5, 0.6) is 0 Å². The van der Waals surface area contributed by atoms with Crippen molar-refractivity contribution in [1.29, 1.82) is 0 Å². The largest absolute Gasteiger partial charge is 0.379 e. The molecule has 0 fully saturated rings. The van der Waals surface area contributed by atoms with Crippen LogP contribution < -0.4 is 0 Å². The summed E-state index contributed by atoms with van der Waals surface area (Å²) in [5.41, 5.74) is 0. The monoisotopic (exact) mass is 133 g/mol. The summed E-state index contributed by atoms with van der Waals surface area (Å²) in [6, 6.07) is 2.74. The molecule has 0 heterocycles. The van der Waals surface area contributed by atoms with Crippen LogP contribution in [0.25, 0.3) is 0 Å². The Hall–Kier alpha value is -0.383. The van der Waals surface area contributed by atoms with E-state index in [0.717, 1.165) is 0 Å². The highest BCUT2D eigenvalue weighted by molar-refractivity contribution is 6.34. The highest BCUT2D eigenvalue weighted by Crippen LogP contribution is 1.77. The van der Waals surface area contributed by atoms with Crippen molar-refractivity contribution < 1.29 is 5.21 Å². The Morgan fingerprint density at radius 3 is 1.75 bits per heavy atom. The van der Waals surface area contributed by atoms with E-state index in [1.807, 2.05) is 0 Å². The van der Waals surface area contributed by atoms with Gasteiger partial charge in [-0.05, 0) is 0 Å². The first-order chi connectivity index (χ1) is 3.83. The average Bonchev–Trinajstić information content (AvgIpc) is 1.71. The van der Waals surface area contributed by atoms with Gasteiger partial charge in [0.05, 0.1) is 0 Å². The smallest absolute Gasteiger partial charge is 0.152 e. The average molecular weight is 133 g/mol. The van der Waals surface area contributed by atoms with Crippen LogP contribution in [0.1, 0.15) is 13.8 Å². The van der Waals surface area contributed by atoms with Gasteiger partial charge in [0, 0.05) is 9.52 Å². The molecule has 48 valence electrons. The van der Waals surface area contributed by atoms with Gasteiger partial charge in [-0.3, -0.25) is 0 Å². The molecule has 0 aromatic rings. The van der Waals surface area contributed by atoms with E-state index in [4.69, 9.17) is 10.1 Å². The van der Waals surface area contributed by atoms with Crippen molar-refractivity contribution in [3.05, 3.63) is 4.91 Å². The van der Waals surface area contributed by atoms with E-state index in [2.05, 4.69) is 13.8 Å². The predicted molar refractivity (Wildman–Crippen MR) is 34.3 cm³/mol. The third-order valence-corrected chi connectivity index (χ3v) is 1.50. The zero-order valence-electron chi connectivity index (χ0n) is 5.22. The van der Waals surface area contributed by atoms with Crippen LogP contribution in [0, 0.1) is 4.91 Å². The van der Waals surface area contributed by atoms with Crippen molar-refractivity contribution in [1.82, 2.24) is 0 Å². The van der Waals surface area contributed by atoms with Gasteiger partial charge in [0.15, 0.2) is 5.34 Å². The maximum absolute atomic E-state index is 8.11. The molecule has 0 spiro atoms. The maximum atomic E-state index is 8.11. The van der Waals surface area contributed by atoms with Gasteiger partial charge >= 0.3 is 0 Å². The first-order valence-corrected chi connectivity index (χ1v) is 3.92. The minimum atomic E-state index is 1.20. The van der Waals surface area contributed by atoms with E-state index in [0.29, 0.717) is 0 Å². The fourth-order valence-electron chi connectivity index (χ4n) is 0.250. The van der Waals surface area contributed by atoms with E-state index in [1.165, 1.54) is 26.9 Å². The van der Waals surface area contributed by atoms with Crippen molar-refractivity contribution in [2.45, 2.75) is 25.9 Å². The molecule has 2 radical (unpaired) electrons. The van der Waals surface area contributed by atoms with Gasteiger partial charge in [-0.1, -0.05) is 25.9 Å². The van der Waals surface area contributed by atoms with Crippen molar-refractivity contribution in [3.8, 4) is 0 Å². The topological polar surface area (TPSA) is 49.7 Å². The number of hydrogen-bond donors (Lipinski definition) is 1. The summed E-state index contributed by atoms with van der Waals surface area (Å²) < 4.78 is 0. The van der Waals surface area contributed by atoms with Crippen LogP contribution in [0.4, 0.5) is 0 Å². The lowest BCUT2D eigenvalue weighted by Crippen LogP contribution is -1.76. The number of nitrogens with zero attached hydrogens (tertiary/aromatic N) is 1. The Labute approximate surface area is 51.9 Å². The normalized spacial score (nSPS) is 6.75. The van der Waals surface area contributed by atoms with E-state index in [1.54, 1.807) is 0 Å². The van der Waals surface area contributed by atoms with Crippen LogP contribution in [0.15, 0.2) is 5.34 Å². The quantitative estimate of drug-likeness (QED) is 0.354. The zero-order chi connectivity index (χ0) is 6.83. The van der Waals surface area contributed by atoms with E-state index < -0.39 is 0 Å². The molecule has 0 atom stereocenters. The molecule has 8 heavy (non-hydrogen) atoms. The molecule has 4 heteroatoms. The van der Waals surface area contributed by atoms with Crippen LogP contribution in [0.3, 0.4) is 0 Å². The van der Waals surface area contributed by atoms with Crippen molar-refractivity contribution >= 4 is 9.52 Å². The Balaban J connectivity index is 0. The second kappa shape index (κ2) is 16.0. The van der Waals surface area contributed by atoms with Gasteiger partial charge in [-0.2, -0.15) is 0 Å². The summed E-state index contributed by atoms with van der Waals surface area (Å²) in [6.07, 6.45) is 0. The van der Waals surface area contributed by atoms with Gasteiger partial charge in [0.1, 0.15) is 0 Å². The molecule has 1 N–H and O–H groups in total. The predicted octanol–water partition coefficient (Wildman–Crippen LogP) is 1.71. The Morgan fingerprint density at radius 1 is 1.50 bits per heavy atom. The van der Waals surface area contributed by atoms with Crippen LogP contribution in [-0.2, 0) is 0 Å². The minimum Gasteiger partial charge on any atom is -0.379 e. The molecule has 0 rings (SSSR count). The summed E-state index contributed by atoms with van der Waals surface area (Å²) in [6.45, 7) is 4.45. The number of hydrogen-bond acceptors (Lipinski definition) is 2. The second-order valence-electron chi connectivity index (χ2n) is 1.04.